The van der Waals surface area contributed by atoms with Gasteiger partial charge in [0.2, 0.25) is 0 Å². The van der Waals surface area contributed by atoms with Crippen LogP contribution in [0.25, 0.3) is 0 Å². The Hall–Kier alpha value is -0.590. The lowest BCUT2D eigenvalue weighted by molar-refractivity contribution is 0.118. The Labute approximate surface area is 74.9 Å². The van der Waals surface area contributed by atoms with Crippen LogP contribution in [0.15, 0.2) is 0 Å². The van der Waals surface area contributed by atoms with Crippen LogP contribution in [0.4, 0.5) is 0 Å². The maximum Gasteiger partial charge on any atom is 0.0866 e. The van der Waals surface area contributed by atoms with Crippen molar-refractivity contribution in [3.63, 3.8) is 0 Å². The number of hydrogen-bond donors (Lipinski definition) is 0. The zero-order valence-corrected chi connectivity index (χ0v) is 8.05. The zero-order chi connectivity index (χ0) is 9.23. The van der Waals surface area contributed by atoms with Gasteiger partial charge in [0.05, 0.1) is 19.2 Å². The molecule has 0 aromatic rings. The molecule has 3 heteroatoms. The molecule has 0 aliphatic carbocycles. The van der Waals surface area contributed by atoms with E-state index in [1.54, 1.807) is 0 Å². The van der Waals surface area contributed by atoms with E-state index >= 15 is 0 Å². The molecule has 0 amide bonds. The molecular weight excluding hydrogens is 152 g/mol. The van der Waals surface area contributed by atoms with Gasteiger partial charge < -0.3 is 4.74 Å². The second-order valence-electron chi connectivity index (χ2n) is 2.63. The average molecular weight is 170 g/mol. The van der Waals surface area contributed by atoms with Crippen molar-refractivity contribution in [2.45, 2.75) is 20.3 Å². The molecular formula is C9H18N2O. The molecule has 0 aromatic carbocycles. The van der Waals surface area contributed by atoms with E-state index in [2.05, 4.69) is 17.9 Å². The first-order chi connectivity index (χ1) is 5.85. The van der Waals surface area contributed by atoms with E-state index in [4.69, 9.17) is 10.00 Å². The molecule has 70 valence electrons. The Bertz CT molecular complexity index is 131. The van der Waals surface area contributed by atoms with E-state index in [9.17, 15) is 0 Å². The Kier molecular flexibility index (Phi) is 8.09. The van der Waals surface area contributed by atoms with Gasteiger partial charge in [-0.05, 0) is 19.9 Å². The normalized spacial score (nSPS) is 10.2. The molecule has 0 heterocycles. The summed E-state index contributed by atoms with van der Waals surface area (Å²) < 4.78 is 5.21. The van der Waals surface area contributed by atoms with Crippen molar-refractivity contribution in [1.29, 1.82) is 5.26 Å². The summed E-state index contributed by atoms with van der Waals surface area (Å²) in [6.07, 6.45) is 1.09. The summed E-state index contributed by atoms with van der Waals surface area (Å²) in [5, 5.41) is 8.49. The minimum atomic E-state index is 0.515. The van der Waals surface area contributed by atoms with Gasteiger partial charge in [-0.15, -0.1) is 0 Å². The first-order valence-electron chi connectivity index (χ1n) is 4.52. The highest BCUT2D eigenvalue weighted by Gasteiger charge is 2.01. The van der Waals surface area contributed by atoms with E-state index in [0.717, 1.165) is 32.7 Å². The molecule has 0 aromatic heterocycles. The molecule has 0 radical (unpaired) electrons. The second-order valence-corrected chi connectivity index (χ2v) is 2.63. The van der Waals surface area contributed by atoms with E-state index in [1.807, 2.05) is 6.92 Å². The molecule has 0 aliphatic heterocycles. The predicted molar refractivity (Wildman–Crippen MR) is 48.8 cm³/mol. The third-order valence-electron chi connectivity index (χ3n) is 1.59. The van der Waals surface area contributed by atoms with Gasteiger partial charge in [-0.1, -0.05) is 6.92 Å². The number of rotatable bonds is 7. The van der Waals surface area contributed by atoms with Gasteiger partial charge in [-0.3, -0.25) is 4.90 Å². The Morgan fingerprint density at radius 3 is 2.58 bits per heavy atom. The highest BCUT2D eigenvalue weighted by atomic mass is 16.5. The molecule has 3 nitrogen and oxygen atoms in total. The number of nitrogens with zero attached hydrogens (tertiary/aromatic N) is 2. The Balaban J connectivity index is 3.42. The minimum Gasteiger partial charge on any atom is -0.380 e. The van der Waals surface area contributed by atoms with Gasteiger partial charge in [0.1, 0.15) is 0 Å². The zero-order valence-electron chi connectivity index (χ0n) is 8.05. The maximum atomic E-state index is 8.49. The summed E-state index contributed by atoms with van der Waals surface area (Å²) in [6, 6.07) is 2.15. The van der Waals surface area contributed by atoms with Gasteiger partial charge in [0.25, 0.3) is 0 Å². The molecule has 0 fully saturated rings. The van der Waals surface area contributed by atoms with Gasteiger partial charge in [0.15, 0.2) is 0 Å². The molecule has 0 N–H and O–H groups in total. The van der Waals surface area contributed by atoms with Crippen LogP contribution in [0.5, 0.6) is 0 Å². The molecule has 0 rings (SSSR count). The van der Waals surface area contributed by atoms with Crippen molar-refractivity contribution in [3.05, 3.63) is 0 Å². The molecule has 0 saturated heterocycles. The lowest BCUT2D eigenvalue weighted by atomic mass is 10.4. The molecule has 0 bridgehead atoms. The van der Waals surface area contributed by atoms with Gasteiger partial charge in [0, 0.05) is 13.2 Å². The fourth-order valence-corrected chi connectivity index (χ4v) is 1.02. The number of ether oxygens (including phenoxy) is 1. The fourth-order valence-electron chi connectivity index (χ4n) is 1.02. The predicted octanol–water partition coefficient (Wildman–Crippen LogP) is 1.26. The van der Waals surface area contributed by atoms with Crippen molar-refractivity contribution in [2.24, 2.45) is 0 Å². The first kappa shape index (κ1) is 11.4. The maximum absolute atomic E-state index is 8.49. The quantitative estimate of drug-likeness (QED) is 0.426. The van der Waals surface area contributed by atoms with Gasteiger partial charge >= 0.3 is 0 Å². The Morgan fingerprint density at radius 2 is 2.08 bits per heavy atom. The lowest BCUT2D eigenvalue weighted by Crippen LogP contribution is -2.28. The third-order valence-corrected chi connectivity index (χ3v) is 1.59. The first-order valence-corrected chi connectivity index (χ1v) is 4.52. The van der Waals surface area contributed by atoms with Crippen LogP contribution >= 0.6 is 0 Å². The summed E-state index contributed by atoms with van der Waals surface area (Å²) in [4.78, 5) is 2.11. The molecule has 0 atom stereocenters. The number of hydrogen-bond acceptors (Lipinski definition) is 3. The Morgan fingerprint density at radius 1 is 1.33 bits per heavy atom. The van der Waals surface area contributed by atoms with E-state index in [0.29, 0.717) is 6.54 Å². The van der Waals surface area contributed by atoms with E-state index in [1.165, 1.54) is 0 Å². The highest BCUT2D eigenvalue weighted by Crippen LogP contribution is 1.90. The fraction of sp³-hybridized carbons (Fsp3) is 0.889. The smallest absolute Gasteiger partial charge is 0.0866 e. The van der Waals surface area contributed by atoms with Crippen molar-refractivity contribution in [2.75, 3.05) is 32.8 Å². The van der Waals surface area contributed by atoms with Gasteiger partial charge in [-0.25, -0.2) is 0 Å². The second kappa shape index (κ2) is 8.51. The summed E-state index contributed by atoms with van der Waals surface area (Å²) in [5.41, 5.74) is 0. The topological polar surface area (TPSA) is 36.3 Å². The molecule has 0 saturated carbocycles. The summed E-state index contributed by atoms with van der Waals surface area (Å²) in [5.74, 6) is 0. The summed E-state index contributed by atoms with van der Waals surface area (Å²) in [7, 11) is 0. The van der Waals surface area contributed by atoms with Crippen LogP contribution in [0.1, 0.15) is 20.3 Å². The summed E-state index contributed by atoms with van der Waals surface area (Å²) in [6.45, 7) is 7.96. The van der Waals surface area contributed by atoms with Crippen LogP contribution in [0.3, 0.4) is 0 Å². The standard InChI is InChI=1S/C9H18N2O/c1-3-6-11(7-5-10)8-9-12-4-2/h3-4,6-9H2,1-2H3. The lowest BCUT2D eigenvalue weighted by Gasteiger charge is -2.17. The van der Waals surface area contributed by atoms with Crippen LogP contribution in [0, 0.1) is 11.3 Å². The van der Waals surface area contributed by atoms with Crippen molar-refractivity contribution in [3.8, 4) is 6.07 Å². The van der Waals surface area contributed by atoms with Crippen LogP contribution in [-0.4, -0.2) is 37.7 Å². The van der Waals surface area contributed by atoms with E-state index in [-0.39, 0.29) is 0 Å². The van der Waals surface area contributed by atoms with E-state index < -0.39 is 0 Å². The summed E-state index contributed by atoms with van der Waals surface area (Å²) >= 11 is 0. The minimum absolute atomic E-state index is 0.515. The molecule has 0 unspecified atom stereocenters. The van der Waals surface area contributed by atoms with Crippen molar-refractivity contribution >= 4 is 0 Å². The van der Waals surface area contributed by atoms with Crippen LogP contribution in [-0.2, 0) is 4.74 Å². The van der Waals surface area contributed by atoms with Gasteiger partial charge in [-0.2, -0.15) is 5.26 Å². The SMILES string of the molecule is CCCN(CC#N)CCOCC. The highest BCUT2D eigenvalue weighted by molar-refractivity contribution is 4.75. The van der Waals surface area contributed by atoms with Crippen molar-refractivity contribution < 1.29 is 4.74 Å². The molecule has 0 aliphatic rings. The average Bonchev–Trinajstić information content (AvgIpc) is 2.06. The molecule has 0 spiro atoms. The largest absolute Gasteiger partial charge is 0.380 e. The number of nitriles is 1. The molecule has 12 heavy (non-hydrogen) atoms. The monoisotopic (exact) mass is 170 g/mol. The third kappa shape index (κ3) is 6.14. The van der Waals surface area contributed by atoms with Crippen LogP contribution in [0.2, 0.25) is 0 Å². The van der Waals surface area contributed by atoms with Crippen LogP contribution < -0.4 is 0 Å². The van der Waals surface area contributed by atoms with Crippen molar-refractivity contribution in [1.82, 2.24) is 4.90 Å².